The van der Waals surface area contributed by atoms with Gasteiger partial charge in [0, 0.05) is 17.1 Å². The minimum atomic E-state index is -3.86. The molecule has 20 heavy (non-hydrogen) atoms. The van der Waals surface area contributed by atoms with Crippen molar-refractivity contribution < 1.29 is 13.2 Å². The first-order valence-corrected chi connectivity index (χ1v) is 7.77. The van der Waals surface area contributed by atoms with E-state index in [4.69, 9.17) is 33.1 Å². The lowest BCUT2D eigenvalue weighted by atomic mass is 10.2. The van der Waals surface area contributed by atoms with E-state index < -0.39 is 10.0 Å². The number of benzene rings is 1. The summed E-state index contributed by atoms with van der Waals surface area (Å²) in [5.41, 5.74) is 1.44. The van der Waals surface area contributed by atoms with Crippen molar-refractivity contribution in [1.29, 1.82) is 0 Å². The molecule has 8 heteroatoms. The lowest BCUT2D eigenvalue weighted by Crippen LogP contribution is -2.13. The molecule has 0 saturated carbocycles. The van der Waals surface area contributed by atoms with Gasteiger partial charge in [0.2, 0.25) is 10.0 Å². The number of hydrogen-bond donors (Lipinski definition) is 1. The van der Waals surface area contributed by atoms with Crippen LogP contribution in [-0.2, 0) is 10.0 Å². The number of nitrogens with two attached hydrogens (primary N) is 1. The SMILES string of the molecule is NS(=O)(=O)c1ccc(OC/C(Cl)=C/Cl)c2cccnc12. The number of pyridine rings is 1. The third-order valence-electron chi connectivity index (χ3n) is 2.48. The fourth-order valence-electron chi connectivity index (χ4n) is 1.65. The predicted octanol–water partition coefficient (Wildman–Crippen LogP) is 2.58. The molecular weight excluding hydrogens is 323 g/mol. The molecular formula is C12H10Cl2N2O3S. The summed E-state index contributed by atoms with van der Waals surface area (Å²) in [6.07, 6.45) is 1.48. The number of fused-ring (bicyclic) bond motifs is 1. The predicted molar refractivity (Wildman–Crippen MR) is 78.4 cm³/mol. The molecule has 0 radical (unpaired) electrons. The molecule has 1 heterocycles. The van der Waals surface area contributed by atoms with E-state index in [1.807, 2.05) is 0 Å². The van der Waals surface area contributed by atoms with Crippen LogP contribution >= 0.6 is 23.2 Å². The maximum atomic E-state index is 11.5. The van der Waals surface area contributed by atoms with Crippen molar-refractivity contribution in [3.63, 3.8) is 0 Å². The highest BCUT2D eigenvalue weighted by Gasteiger charge is 2.16. The van der Waals surface area contributed by atoms with E-state index in [-0.39, 0.29) is 17.0 Å². The van der Waals surface area contributed by atoms with Gasteiger partial charge in [-0.05, 0) is 24.3 Å². The normalized spacial score (nSPS) is 12.7. The Morgan fingerprint density at radius 1 is 1.40 bits per heavy atom. The lowest BCUT2D eigenvalue weighted by Gasteiger charge is -2.10. The molecule has 0 spiro atoms. The van der Waals surface area contributed by atoms with Crippen LogP contribution in [0.25, 0.3) is 10.9 Å². The van der Waals surface area contributed by atoms with Gasteiger partial charge in [0.15, 0.2) is 0 Å². The average Bonchev–Trinajstić information content (AvgIpc) is 2.43. The van der Waals surface area contributed by atoms with Crippen molar-refractivity contribution in [2.75, 3.05) is 6.61 Å². The number of aromatic nitrogens is 1. The molecule has 0 aliphatic carbocycles. The Morgan fingerprint density at radius 3 is 2.80 bits per heavy atom. The summed E-state index contributed by atoms with van der Waals surface area (Å²) in [4.78, 5) is 3.99. The van der Waals surface area contributed by atoms with Gasteiger partial charge in [-0.3, -0.25) is 4.98 Å². The second-order valence-corrected chi connectivity index (χ2v) is 6.08. The topological polar surface area (TPSA) is 82.3 Å². The number of halogens is 2. The summed E-state index contributed by atoms with van der Waals surface area (Å²) in [5.74, 6) is 0.442. The molecule has 1 aromatic heterocycles. The standard InChI is InChI=1S/C12H10Cl2N2O3S/c13-6-8(14)7-19-10-3-4-11(20(15,17)18)12-9(10)2-1-5-16-12/h1-6H,7H2,(H2,15,17,18)/b8-6-. The molecule has 2 rings (SSSR count). The quantitative estimate of drug-likeness (QED) is 0.932. The zero-order valence-corrected chi connectivity index (χ0v) is 12.4. The fourth-order valence-corrected chi connectivity index (χ4v) is 2.46. The van der Waals surface area contributed by atoms with E-state index in [0.29, 0.717) is 16.2 Å². The first-order chi connectivity index (χ1) is 9.43. The molecule has 0 amide bonds. The van der Waals surface area contributed by atoms with Gasteiger partial charge in [0.1, 0.15) is 17.3 Å². The van der Waals surface area contributed by atoms with E-state index in [2.05, 4.69) is 4.98 Å². The Balaban J connectivity index is 2.55. The third kappa shape index (κ3) is 3.21. The summed E-state index contributed by atoms with van der Waals surface area (Å²) in [6.45, 7) is 0.0732. The number of sulfonamides is 1. The summed E-state index contributed by atoms with van der Waals surface area (Å²) in [6, 6.07) is 6.20. The number of rotatable bonds is 4. The van der Waals surface area contributed by atoms with E-state index in [1.165, 1.54) is 23.9 Å². The first-order valence-electron chi connectivity index (χ1n) is 5.41. The molecule has 106 valence electrons. The molecule has 0 fully saturated rings. The van der Waals surface area contributed by atoms with Gasteiger partial charge in [-0.25, -0.2) is 13.6 Å². The highest BCUT2D eigenvalue weighted by molar-refractivity contribution is 7.89. The monoisotopic (exact) mass is 332 g/mol. The largest absolute Gasteiger partial charge is 0.487 e. The number of ether oxygens (including phenoxy) is 1. The summed E-state index contributed by atoms with van der Waals surface area (Å²) in [5, 5.41) is 6.01. The Bertz CT molecular complexity index is 775. The van der Waals surface area contributed by atoms with Crippen molar-refractivity contribution in [2.45, 2.75) is 4.90 Å². The van der Waals surface area contributed by atoms with Crippen LogP contribution in [0.2, 0.25) is 0 Å². The summed E-state index contributed by atoms with van der Waals surface area (Å²) >= 11 is 11.2. The molecule has 0 saturated heterocycles. The second-order valence-electron chi connectivity index (χ2n) is 3.85. The molecule has 0 aliphatic rings. The number of primary sulfonamides is 1. The Labute approximate surface area is 126 Å². The van der Waals surface area contributed by atoms with Crippen LogP contribution in [0, 0.1) is 0 Å². The van der Waals surface area contributed by atoms with Crippen molar-refractivity contribution in [3.05, 3.63) is 41.0 Å². The summed E-state index contributed by atoms with van der Waals surface area (Å²) in [7, 11) is -3.86. The zero-order valence-electron chi connectivity index (χ0n) is 10.1. The highest BCUT2D eigenvalue weighted by Crippen LogP contribution is 2.29. The first kappa shape index (κ1) is 15.1. The van der Waals surface area contributed by atoms with Crippen molar-refractivity contribution in [3.8, 4) is 5.75 Å². The highest BCUT2D eigenvalue weighted by atomic mass is 35.5. The maximum absolute atomic E-state index is 11.5. The fraction of sp³-hybridized carbons (Fsp3) is 0.0833. The molecule has 0 unspecified atom stereocenters. The van der Waals surface area contributed by atoms with Gasteiger partial charge in [-0.15, -0.1) is 0 Å². The van der Waals surface area contributed by atoms with Gasteiger partial charge in [-0.2, -0.15) is 0 Å². The smallest absolute Gasteiger partial charge is 0.240 e. The molecule has 0 aliphatic heterocycles. The van der Waals surface area contributed by atoms with Crippen LogP contribution in [0.4, 0.5) is 0 Å². The van der Waals surface area contributed by atoms with E-state index in [0.717, 1.165) is 0 Å². The van der Waals surface area contributed by atoms with Crippen LogP contribution in [-0.4, -0.2) is 20.0 Å². The van der Waals surface area contributed by atoms with E-state index in [9.17, 15) is 8.42 Å². The Morgan fingerprint density at radius 2 is 2.15 bits per heavy atom. The zero-order chi connectivity index (χ0) is 14.8. The van der Waals surface area contributed by atoms with E-state index in [1.54, 1.807) is 12.1 Å². The van der Waals surface area contributed by atoms with Crippen LogP contribution in [0.5, 0.6) is 5.75 Å². The molecule has 1 aromatic carbocycles. The maximum Gasteiger partial charge on any atom is 0.240 e. The molecule has 2 aromatic rings. The summed E-state index contributed by atoms with van der Waals surface area (Å²) < 4.78 is 28.5. The molecule has 5 nitrogen and oxygen atoms in total. The Hall–Kier alpha value is -1.34. The minimum Gasteiger partial charge on any atom is -0.487 e. The van der Waals surface area contributed by atoms with Crippen LogP contribution in [0.3, 0.4) is 0 Å². The average molecular weight is 333 g/mol. The minimum absolute atomic E-state index is 0.0561. The second kappa shape index (κ2) is 5.97. The van der Waals surface area contributed by atoms with Gasteiger partial charge in [0.25, 0.3) is 0 Å². The van der Waals surface area contributed by atoms with Crippen molar-refractivity contribution in [2.24, 2.45) is 5.14 Å². The van der Waals surface area contributed by atoms with Crippen LogP contribution in [0.15, 0.2) is 45.9 Å². The molecule has 2 N–H and O–H groups in total. The van der Waals surface area contributed by atoms with Gasteiger partial charge >= 0.3 is 0 Å². The van der Waals surface area contributed by atoms with Crippen molar-refractivity contribution in [1.82, 2.24) is 4.98 Å². The van der Waals surface area contributed by atoms with Gasteiger partial charge in [0.05, 0.1) is 10.5 Å². The molecule has 0 bridgehead atoms. The van der Waals surface area contributed by atoms with Crippen LogP contribution in [0.1, 0.15) is 0 Å². The third-order valence-corrected chi connectivity index (χ3v) is 4.02. The number of hydrogen-bond acceptors (Lipinski definition) is 4. The van der Waals surface area contributed by atoms with Crippen LogP contribution < -0.4 is 9.88 Å². The van der Waals surface area contributed by atoms with Gasteiger partial charge in [-0.1, -0.05) is 23.2 Å². The lowest BCUT2D eigenvalue weighted by molar-refractivity contribution is 0.363. The Kier molecular flexibility index (Phi) is 4.49. The van der Waals surface area contributed by atoms with Crippen molar-refractivity contribution >= 4 is 44.1 Å². The van der Waals surface area contributed by atoms with E-state index >= 15 is 0 Å². The molecule has 0 atom stereocenters. The van der Waals surface area contributed by atoms with Gasteiger partial charge < -0.3 is 4.74 Å². The number of nitrogens with zero attached hydrogens (tertiary/aromatic N) is 1.